The van der Waals surface area contributed by atoms with E-state index in [9.17, 15) is 14.4 Å². The summed E-state index contributed by atoms with van der Waals surface area (Å²) in [5, 5.41) is 0. The van der Waals surface area contributed by atoms with E-state index in [0.717, 1.165) is 64.2 Å². The molecule has 0 fully saturated rings. The number of esters is 3. The average Bonchev–Trinajstić information content (AvgIpc) is 3.36. The fourth-order valence-electron chi connectivity index (χ4n) is 9.72. The lowest BCUT2D eigenvalue weighted by Crippen LogP contribution is -2.30. The van der Waals surface area contributed by atoms with E-state index in [1.165, 1.54) is 257 Å². The molecule has 0 aromatic rings. The highest BCUT2D eigenvalue weighted by Crippen LogP contribution is 2.18. The second kappa shape index (κ2) is 59.7. The van der Waals surface area contributed by atoms with Crippen LogP contribution >= 0.6 is 0 Å². The number of hydrogen-bond donors (Lipinski definition) is 0. The van der Waals surface area contributed by atoms with Crippen LogP contribution < -0.4 is 0 Å². The summed E-state index contributed by atoms with van der Waals surface area (Å²) in [7, 11) is 0. The quantitative estimate of drug-likeness (QED) is 0.0261. The minimum atomic E-state index is -0.768. The van der Waals surface area contributed by atoms with Crippen LogP contribution in [-0.4, -0.2) is 37.2 Å². The number of carbonyl (C=O) groups excluding carboxylic acids is 3. The van der Waals surface area contributed by atoms with E-state index in [0.29, 0.717) is 19.3 Å². The first-order chi connectivity index (χ1) is 34.5. The van der Waals surface area contributed by atoms with Gasteiger partial charge in [-0.2, -0.15) is 0 Å². The topological polar surface area (TPSA) is 78.9 Å². The Balaban J connectivity index is 4.21. The zero-order valence-corrected chi connectivity index (χ0v) is 47.6. The highest BCUT2D eigenvalue weighted by atomic mass is 16.6. The standard InChI is InChI=1S/C64H122O6/c1-4-7-10-13-16-19-22-24-26-28-30-32-34-35-37-39-42-45-48-51-54-57-63(66)69-60-61(59-68-62(65)56-53-50-47-44-41-21-18-15-12-9-6-3)70-64(67)58-55-52-49-46-43-40-38-36-33-31-29-27-25-23-20-17-14-11-8-5-2/h15,18,61H,4-14,16-17,19-60H2,1-3H3/b18-15-. The monoisotopic (exact) mass is 987 g/mol. The van der Waals surface area contributed by atoms with Crippen molar-refractivity contribution in [1.82, 2.24) is 0 Å². The maximum Gasteiger partial charge on any atom is 0.306 e. The summed E-state index contributed by atoms with van der Waals surface area (Å²) in [6, 6.07) is 0. The molecule has 0 aliphatic rings. The molecule has 0 saturated heterocycles. The second-order valence-electron chi connectivity index (χ2n) is 21.7. The highest BCUT2D eigenvalue weighted by Gasteiger charge is 2.19. The molecule has 414 valence electrons. The fourth-order valence-corrected chi connectivity index (χ4v) is 9.72. The van der Waals surface area contributed by atoms with Gasteiger partial charge in [-0.3, -0.25) is 14.4 Å². The molecule has 0 heterocycles. The van der Waals surface area contributed by atoms with Gasteiger partial charge in [0.25, 0.3) is 0 Å². The molecule has 0 bridgehead atoms. The molecule has 0 amide bonds. The molecule has 6 nitrogen and oxygen atoms in total. The Hall–Kier alpha value is -1.85. The van der Waals surface area contributed by atoms with Crippen LogP contribution in [0.25, 0.3) is 0 Å². The lowest BCUT2D eigenvalue weighted by molar-refractivity contribution is -0.167. The van der Waals surface area contributed by atoms with Crippen molar-refractivity contribution in [2.45, 2.75) is 367 Å². The lowest BCUT2D eigenvalue weighted by atomic mass is 10.0. The predicted molar refractivity (Wildman–Crippen MR) is 303 cm³/mol. The number of carbonyl (C=O) groups is 3. The molecular formula is C64H122O6. The summed E-state index contributed by atoms with van der Waals surface area (Å²) in [4.78, 5) is 38.2. The molecule has 0 N–H and O–H groups in total. The van der Waals surface area contributed by atoms with Crippen LogP contribution in [0, 0.1) is 0 Å². The van der Waals surface area contributed by atoms with Gasteiger partial charge >= 0.3 is 17.9 Å². The Morgan fingerprint density at radius 2 is 0.486 bits per heavy atom. The number of ether oxygens (including phenoxy) is 3. The van der Waals surface area contributed by atoms with Crippen molar-refractivity contribution < 1.29 is 28.6 Å². The van der Waals surface area contributed by atoms with Gasteiger partial charge in [-0.05, 0) is 38.5 Å². The Bertz CT molecular complexity index is 1090. The van der Waals surface area contributed by atoms with Gasteiger partial charge in [-0.15, -0.1) is 0 Å². The molecule has 6 heteroatoms. The van der Waals surface area contributed by atoms with E-state index in [1.807, 2.05) is 0 Å². The third-order valence-electron chi connectivity index (χ3n) is 14.5. The first-order valence-corrected chi connectivity index (χ1v) is 31.7. The van der Waals surface area contributed by atoms with Crippen LogP contribution in [0.2, 0.25) is 0 Å². The average molecular weight is 988 g/mol. The molecule has 0 spiro atoms. The summed E-state index contributed by atoms with van der Waals surface area (Å²) in [5.74, 6) is -0.848. The van der Waals surface area contributed by atoms with E-state index in [1.54, 1.807) is 0 Å². The van der Waals surface area contributed by atoms with Crippen molar-refractivity contribution in [3.8, 4) is 0 Å². The summed E-state index contributed by atoms with van der Waals surface area (Å²) < 4.78 is 16.9. The van der Waals surface area contributed by atoms with Crippen molar-refractivity contribution in [3.63, 3.8) is 0 Å². The molecule has 0 aliphatic carbocycles. The molecular weight excluding hydrogens is 865 g/mol. The zero-order chi connectivity index (χ0) is 50.7. The molecule has 1 atom stereocenters. The van der Waals surface area contributed by atoms with Crippen LogP contribution in [0.4, 0.5) is 0 Å². The fraction of sp³-hybridized carbons (Fsp3) is 0.922. The smallest absolute Gasteiger partial charge is 0.306 e. The SMILES string of the molecule is CCCC/C=C\CCCCCCCC(=O)OCC(COC(=O)CCCCCCCCCCCCCCCCCCCCCCC)OC(=O)CCCCCCCCCCCCCCCCCCCCCC. The van der Waals surface area contributed by atoms with E-state index >= 15 is 0 Å². The van der Waals surface area contributed by atoms with Crippen molar-refractivity contribution in [3.05, 3.63) is 12.2 Å². The van der Waals surface area contributed by atoms with E-state index < -0.39 is 6.10 Å². The summed E-state index contributed by atoms with van der Waals surface area (Å²) in [6.07, 6.45) is 69.4. The molecule has 0 aliphatic heterocycles. The maximum absolute atomic E-state index is 12.9. The van der Waals surface area contributed by atoms with Crippen molar-refractivity contribution >= 4 is 17.9 Å². The van der Waals surface area contributed by atoms with Crippen LogP contribution in [0.5, 0.6) is 0 Å². The summed E-state index contributed by atoms with van der Waals surface area (Å²) in [6.45, 7) is 6.67. The van der Waals surface area contributed by atoms with Gasteiger partial charge in [0, 0.05) is 19.3 Å². The second-order valence-corrected chi connectivity index (χ2v) is 21.7. The molecule has 0 rings (SSSR count). The third kappa shape index (κ3) is 57.1. The van der Waals surface area contributed by atoms with E-state index in [-0.39, 0.29) is 31.1 Å². The Kier molecular flexibility index (Phi) is 58.1. The van der Waals surface area contributed by atoms with Gasteiger partial charge in [0.05, 0.1) is 0 Å². The lowest BCUT2D eigenvalue weighted by Gasteiger charge is -2.18. The first kappa shape index (κ1) is 68.2. The van der Waals surface area contributed by atoms with E-state index in [2.05, 4.69) is 32.9 Å². The van der Waals surface area contributed by atoms with Crippen molar-refractivity contribution in [1.29, 1.82) is 0 Å². The van der Waals surface area contributed by atoms with Crippen LogP contribution in [0.15, 0.2) is 12.2 Å². The molecule has 0 radical (unpaired) electrons. The summed E-state index contributed by atoms with van der Waals surface area (Å²) >= 11 is 0. The number of hydrogen-bond acceptors (Lipinski definition) is 6. The molecule has 0 saturated carbocycles. The molecule has 0 aromatic heterocycles. The molecule has 0 aromatic carbocycles. The maximum atomic E-state index is 12.9. The van der Waals surface area contributed by atoms with Gasteiger partial charge < -0.3 is 14.2 Å². The van der Waals surface area contributed by atoms with Gasteiger partial charge in [0.15, 0.2) is 6.10 Å². The summed E-state index contributed by atoms with van der Waals surface area (Å²) in [5.41, 5.74) is 0. The van der Waals surface area contributed by atoms with Gasteiger partial charge in [0.1, 0.15) is 13.2 Å². The predicted octanol–water partition coefficient (Wildman–Crippen LogP) is 21.3. The van der Waals surface area contributed by atoms with Gasteiger partial charge in [-0.25, -0.2) is 0 Å². The van der Waals surface area contributed by atoms with Crippen LogP contribution in [0.3, 0.4) is 0 Å². The number of unbranched alkanes of at least 4 members (excludes halogenated alkanes) is 46. The highest BCUT2D eigenvalue weighted by molar-refractivity contribution is 5.71. The number of rotatable bonds is 59. The van der Waals surface area contributed by atoms with Crippen molar-refractivity contribution in [2.75, 3.05) is 13.2 Å². The van der Waals surface area contributed by atoms with Gasteiger partial charge in [-0.1, -0.05) is 315 Å². The first-order valence-electron chi connectivity index (χ1n) is 31.7. The largest absolute Gasteiger partial charge is 0.462 e. The van der Waals surface area contributed by atoms with Crippen LogP contribution in [-0.2, 0) is 28.6 Å². The molecule has 70 heavy (non-hydrogen) atoms. The normalized spacial score (nSPS) is 12.0. The van der Waals surface area contributed by atoms with Crippen LogP contribution in [0.1, 0.15) is 361 Å². The zero-order valence-electron chi connectivity index (χ0n) is 47.6. The van der Waals surface area contributed by atoms with Crippen molar-refractivity contribution in [2.24, 2.45) is 0 Å². The minimum Gasteiger partial charge on any atom is -0.462 e. The third-order valence-corrected chi connectivity index (χ3v) is 14.5. The minimum absolute atomic E-state index is 0.0662. The molecule has 1 unspecified atom stereocenters. The number of allylic oxidation sites excluding steroid dienone is 2. The van der Waals surface area contributed by atoms with Gasteiger partial charge in [0.2, 0.25) is 0 Å². The Morgan fingerprint density at radius 3 is 0.757 bits per heavy atom. The Morgan fingerprint density at radius 1 is 0.271 bits per heavy atom. The van der Waals surface area contributed by atoms with E-state index in [4.69, 9.17) is 14.2 Å². The Labute approximate surface area is 437 Å².